The van der Waals surface area contributed by atoms with Crippen LogP contribution in [0.3, 0.4) is 0 Å². The van der Waals surface area contributed by atoms with E-state index in [-0.39, 0.29) is 5.91 Å². The second kappa shape index (κ2) is 3.61. The van der Waals surface area contributed by atoms with E-state index in [1.165, 1.54) is 4.57 Å². The van der Waals surface area contributed by atoms with Crippen LogP contribution in [0.4, 0.5) is 5.69 Å². The van der Waals surface area contributed by atoms with Crippen molar-refractivity contribution in [1.82, 2.24) is 4.57 Å². The minimum atomic E-state index is -0.923. The molecule has 0 bridgehead atoms. The van der Waals surface area contributed by atoms with Crippen LogP contribution >= 0.6 is 11.6 Å². The molecule has 2 heterocycles. The van der Waals surface area contributed by atoms with E-state index < -0.39 is 6.23 Å². The fourth-order valence-corrected chi connectivity index (χ4v) is 2.15. The standard InChI is InChI=1S/C12H9ClN2O2/c13-7-3-4-8-9(6-7)14-11(16)10-2-1-5-15(10)12(8)17/h1-6,11,14,16H. The van der Waals surface area contributed by atoms with Crippen molar-refractivity contribution in [3.8, 4) is 0 Å². The van der Waals surface area contributed by atoms with Crippen molar-refractivity contribution in [2.24, 2.45) is 0 Å². The van der Waals surface area contributed by atoms with Gasteiger partial charge in [0.1, 0.15) is 0 Å². The lowest BCUT2D eigenvalue weighted by Crippen LogP contribution is -2.14. The number of rotatable bonds is 0. The van der Waals surface area contributed by atoms with Crippen LogP contribution in [-0.4, -0.2) is 15.6 Å². The van der Waals surface area contributed by atoms with Gasteiger partial charge >= 0.3 is 0 Å². The quantitative estimate of drug-likeness (QED) is 0.752. The second-order valence-electron chi connectivity index (χ2n) is 3.84. The summed E-state index contributed by atoms with van der Waals surface area (Å²) in [6, 6.07) is 8.35. The zero-order valence-corrected chi connectivity index (χ0v) is 9.48. The van der Waals surface area contributed by atoms with E-state index in [1.807, 2.05) is 0 Å². The van der Waals surface area contributed by atoms with Crippen molar-refractivity contribution in [3.63, 3.8) is 0 Å². The average molecular weight is 249 g/mol. The van der Waals surface area contributed by atoms with Crippen LogP contribution in [0.15, 0.2) is 36.5 Å². The molecule has 5 heteroatoms. The monoisotopic (exact) mass is 248 g/mol. The average Bonchev–Trinajstić information content (AvgIpc) is 2.74. The Bertz CT molecular complexity index is 606. The molecule has 0 radical (unpaired) electrons. The Kier molecular flexibility index (Phi) is 2.21. The first-order valence-electron chi connectivity index (χ1n) is 5.13. The number of halogens is 1. The Hall–Kier alpha value is -1.78. The largest absolute Gasteiger partial charge is 0.368 e. The number of nitrogens with one attached hydrogen (secondary N) is 1. The first-order valence-corrected chi connectivity index (χ1v) is 5.51. The summed E-state index contributed by atoms with van der Waals surface area (Å²) < 4.78 is 1.43. The van der Waals surface area contributed by atoms with Crippen molar-refractivity contribution >= 4 is 23.2 Å². The minimum Gasteiger partial charge on any atom is -0.368 e. The molecular formula is C12H9ClN2O2. The molecule has 1 aliphatic rings. The summed E-state index contributed by atoms with van der Waals surface area (Å²) in [7, 11) is 0. The van der Waals surface area contributed by atoms with Crippen LogP contribution < -0.4 is 5.32 Å². The number of carbonyl (C=O) groups is 1. The van der Waals surface area contributed by atoms with E-state index in [9.17, 15) is 9.90 Å². The lowest BCUT2D eigenvalue weighted by molar-refractivity contribution is 0.0950. The van der Waals surface area contributed by atoms with Gasteiger partial charge in [0, 0.05) is 11.2 Å². The first-order chi connectivity index (χ1) is 8.16. The van der Waals surface area contributed by atoms with Gasteiger partial charge in [-0.25, -0.2) is 0 Å². The second-order valence-corrected chi connectivity index (χ2v) is 4.28. The SMILES string of the molecule is O=C1c2ccc(Cl)cc2NC(O)c2cccn21. The minimum absolute atomic E-state index is 0.180. The van der Waals surface area contributed by atoms with Gasteiger partial charge in [-0.05, 0) is 30.3 Å². The van der Waals surface area contributed by atoms with Gasteiger partial charge in [-0.2, -0.15) is 0 Å². The summed E-state index contributed by atoms with van der Waals surface area (Å²) in [5.41, 5.74) is 1.55. The highest BCUT2D eigenvalue weighted by atomic mass is 35.5. The fourth-order valence-electron chi connectivity index (χ4n) is 1.98. The van der Waals surface area contributed by atoms with Gasteiger partial charge in [-0.1, -0.05) is 11.6 Å². The van der Waals surface area contributed by atoms with Gasteiger partial charge in [-0.3, -0.25) is 9.36 Å². The van der Waals surface area contributed by atoms with Gasteiger partial charge in [0.05, 0.1) is 16.9 Å². The summed E-state index contributed by atoms with van der Waals surface area (Å²) >= 11 is 5.87. The number of aliphatic hydroxyl groups is 1. The van der Waals surface area contributed by atoms with Crippen LogP contribution in [0, 0.1) is 0 Å². The number of aromatic nitrogens is 1. The maximum absolute atomic E-state index is 12.2. The summed E-state index contributed by atoms with van der Waals surface area (Å²) in [6.45, 7) is 0. The summed E-state index contributed by atoms with van der Waals surface area (Å²) in [5, 5.41) is 13.3. The number of fused-ring (bicyclic) bond motifs is 2. The lowest BCUT2D eigenvalue weighted by Gasteiger charge is -2.11. The Labute approximate surface area is 102 Å². The molecule has 1 aliphatic heterocycles. The van der Waals surface area contributed by atoms with Gasteiger partial charge in [0.25, 0.3) is 5.91 Å². The number of aliphatic hydroxyl groups excluding tert-OH is 1. The Morgan fingerprint density at radius 1 is 1.35 bits per heavy atom. The molecule has 4 nitrogen and oxygen atoms in total. The normalized spacial score (nSPS) is 18.0. The third-order valence-corrected chi connectivity index (χ3v) is 3.02. The lowest BCUT2D eigenvalue weighted by atomic mass is 10.1. The Morgan fingerprint density at radius 3 is 3.00 bits per heavy atom. The van der Waals surface area contributed by atoms with Crippen molar-refractivity contribution in [2.75, 3.05) is 5.32 Å². The maximum Gasteiger partial charge on any atom is 0.264 e. The van der Waals surface area contributed by atoms with Crippen molar-refractivity contribution in [1.29, 1.82) is 0 Å². The highest BCUT2D eigenvalue weighted by Crippen LogP contribution is 2.29. The molecular weight excluding hydrogens is 240 g/mol. The molecule has 2 N–H and O–H groups in total. The van der Waals surface area contributed by atoms with E-state index in [1.54, 1.807) is 36.5 Å². The topological polar surface area (TPSA) is 54.3 Å². The number of benzene rings is 1. The predicted molar refractivity (Wildman–Crippen MR) is 64.2 cm³/mol. The summed E-state index contributed by atoms with van der Waals surface area (Å²) in [5.74, 6) is -0.180. The Morgan fingerprint density at radius 2 is 2.18 bits per heavy atom. The molecule has 3 rings (SSSR count). The van der Waals surface area contributed by atoms with E-state index in [0.717, 1.165) is 0 Å². The molecule has 0 saturated heterocycles. The molecule has 86 valence electrons. The first kappa shape index (κ1) is 10.4. The smallest absolute Gasteiger partial charge is 0.264 e. The molecule has 0 aliphatic carbocycles. The van der Waals surface area contributed by atoms with Crippen LogP contribution in [0.25, 0.3) is 0 Å². The highest BCUT2D eigenvalue weighted by molar-refractivity contribution is 6.31. The molecule has 1 aromatic heterocycles. The van der Waals surface area contributed by atoms with Crippen molar-refractivity contribution < 1.29 is 9.90 Å². The highest BCUT2D eigenvalue weighted by Gasteiger charge is 2.24. The van der Waals surface area contributed by atoms with Crippen molar-refractivity contribution in [3.05, 3.63) is 52.8 Å². The zero-order valence-electron chi connectivity index (χ0n) is 8.72. The number of nitrogens with zero attached hydrogens (tertiary/aromatic N) is 1. The molecule has 1 aromatic carbocycles. The molecule has 1 unspecified atom stereocenters. The molecule has 17 heavy (non-hydrogen) atoms. The number of carbonyl (C=O) groups excluding carboxylic acids is 1. The molecule has 0 saturated carbocycles. The van der Waals surface area contributed by atoms with Crippen LogP contribution in [0.2, 0.25) is 5.02 Å². The fraction of sp³-hybridized carbons (Fsp3) is 0.0833. The molecule has 0 amide bonds. The molecule has 2 aromatic rings. The van der Waals surface area contributed by atoms with Crippen LogP contribution in [0.1, 0.15) is 22.3 Å². The van der Waals surface area contributed by atoms with Gasteiger partial charge < -0.3 is 10.4 Å². The van der Waals surface area contributed by atoms with Gasteiger partial charge in [-0.15, -0.1) is 0 Å². The number of hydrogen-bond acceptors (Lipinski definition) is 3. The van der Waals surface area contributed by atoms with E-state index >= 15 is 0 Å². The maximum atomic E-state index is 12.2. The van der Waals surface area contributed by atoms with E-state index in [2.05, 4.69) is 5.32 Å². The van der Waals surface area contributed by atoms with E-state index in [4.69, 9.17) is 11.6 Å². The van der Waals surface area contributed by atoms with E-state index in [0.29, 0.717) is 22.0 Å². The zero-order chi connectivity index (χ0) is 12.0. The molecule has 1 atom stereocenters. The van der Waals surface area contributed by atoms with Crippen molar-refractivity contribution in [2.45, 2.75) is 6.23 Å². The molecule has 0 spiro atoms. The van der Waals surface area contributed by atoms with Gasteiger partial charge in [0.2, 0.25) is 0 Å². The van der Waals surface area contributed by atoms with Gasteiger partial charge in [0.15, 0.2) is 6.23 Å². The number of anilines is 1. The summed E-state index contributed by atoms with van der Waals surface area (Å²) in [6.07, 6.45) is 0.709. The van der Waals surface area contributed by atoms with Crippen LogP contribution in [0.5, 0.6) is 0 Å². The third kappa shape index (κ3) is 1.53. The third-order valence-electron chi connectivity index (χ3n) is 2.78. The summed E-state index contributed by atoms with van der Waals surface area (Å²) in [4.78, 5) is 12.2. The predicted octanol–water partition coefficient (Wildman–Crippen LogP) is 2.25. The van der Waals surface area contributed by atoms with Crippen LogP contribution in [-0.2, 0) is 0 Å². The Balaban J connectivity index is 2.23. The number of hydrogen-bond donors (Lipinski definition) is 2. The molecule has 0 fully saturated rings.